The molecule has 17 heavy (non-hydrogen) atoms. The highest BCUT2D eigenvalue weighted by molar-refractivity contribution is 7.96. The van der Waals surface area contributed by atoms with Crippen molar-refractivity contribution in [3.05, 3.63) is 0 Å². The number of piperidine rings is 1. The van der Waals surface area contributed by atoms with E-state index < -0.39 is 0 Å². The summed E-state index contributed by atoms with van der Waals surface area (Å²) in [6.45, 7) is 7.86. The van der Waals surface area contributed by atoms with Crippen LogP contribution in [0.3, 0.4) is 0 Å². The maximum atomic E-state index is 11.7. The van der Waals surface area contributed by atoms with Crippen LogP contribution in [0.25, 0.3) is 0 Å². The van der Waals surface area contributed by atoms with Gasteiger partial charge in [-0.3, -0.25) is 4.31 Å². The Labute approximate surface area is 108 Å². The molecule has 0 saturated carbocycles. The van der Waals surface area contributed by atoms with Crippen LogP contribution in [-0.4, -0.2) is 53.8 Å². The van der Waals surface area contributed by atoms with Gasteiger partial charge in [0.1, 0.15) is 0 Å². The predicted molar refractivity (Wildman–Crippen MR) is 69.9 cm³/mol. The molecule has 1 amide bonds. The van der Waals surface area contributed by atoms with Crippen molar-refractivity contribution in [1.82, 2.24) is 9.21 Å². The quantitative estimate of drug-likeness (QED) is 0.711. The van der Waals surface area contributed by atoms with E-state index in [0.29, 0.717) is 5.41 Å². The van der Waals surface area contributed by atoms with E-state index in [9.17, 15) is 4.79 Å². The molecule has 2 heterocycles. The normalized spacial score (nSPS) is 23.9. The predicted octanol–water partition coefficient (Wildman–Crippen LogP) is 2.21. The van der Waals surface area contributed by atoms with Crippen LogP contribution in [0.15, 0.2) is 0 Å². The largest absolute Gasteiger partial charge is 0.447 e. The summed E-state index contributed by atoms with van der Waals surface area (Å²) in [6.07, 6.45) is 4.39. The second kappa shape index (κ2) is 5.06. The second-order valence-electron chi connectivity index (χ2n) is 5.40. The molecule has 0 unspecified atom stereocenters. The van der Waals surface area contributed by atoms with Gasteiger partial charge in [-0.2, -0.15) is 0 Å². The van der Waals surface area contributed by atoms with Gasteiger partial charge in [-0.25, -0.2) is 4.79 Å². The van der Waals surface area contributed by atoms with E-state index in [-0.39, 0.29) is 12.2 Å². The summed E-state index contributed by atoms with van der Waals surface area (Å²) in [4.78, 5) is 13.5. The van der Waals surface area contributed by atoms with Crippen molar-refractivity contribution < 1.29 is 9.53 Å². The molecular weight excluding hydrogens is 236 g/mol. The first kappa shape index (κ1) is 13.0. The van der Waals surface area contributed by atoms with E-state index in [1.54, 1.807) is 0 Å². The third kappa shape index (κ3) is 2.88. The summed E-state index contributed by atoms with van der Waals surface area (Å²) >= 11 is 1.82. The van der Waals surface area contributed by atoms with Gasteiger partial charge >= 0.3 is 6.09 Å². The third-order valence-electron chi connectivity index (χ3n) is 3.69. The van der Waals surface area contributed by atoms with Crippen molar-refractivity contribution in [3.8, 4) is 0 Å². The Kier molecular flexibility index (Phi) is 3.88. The molecule has 0 aromatic heterocycles. The highest BCUT2D eigenvalue weighted by Crippen LogP contribution is 2.41. The van der Waals surface area contributed by atoms with Gasteiger partial charge in [-0.1, -0.05) is 11.9 Å². The molecule has 2 fully saturated rings. The van der Waals surface area contributed by atoms with Crippen LogP contribution < -0.4 is 0 Å². The van der Waals surface area contributed by atoms with Crippen molar-refractivity contribution in [2.75, 3.05) is 32.4 Å². The SMILES string of the molecule is CSN1CCC2(CC1)CN(C(=O)OC(C)C)C2. The molecule has 0 N–H and O–H groups in total. The number of carbonyl (C=O) groups excluding carboxylic acids is 1. The number of amides is 1. The molecule has 0 aliphatic carbocycles. The van der Waals surface area contributed by atoms with E-state index in [4.69, 9.17) is 4.74 Å². The summed E-state index contributed by atoms with van der Waals surface area (Å²) in [5, 5.41) is 0. The maximum absolute atomic E-state index is 11.7. The number of hydrogen-bond acceptors (Lipinski definition) is 4. The van der Waals surface area contributed by atoms with E-state index in [1.165, 1.54) is 12.8 Å². The molecule has 2 aliphatic heterocycles. The van der Waals surface area contributed by atoms with E-state index >= 15 is 0 Å². The van der Waals surface area contributed by atoms with Gasteiger partial charge in [0, 0.05) is 31.6 Å². The van der Waals surface area contributed by atoms with Crippen LogP contribution in [0.5, 0.6) is 0 Å². The van der Waals surface area contributed by atoms with Crippen molar-refractivity contribution in [3.63, 3.8) is 0 Å². The topological polar surface area (TPSA) is 32.8 Å². The Balaban J connectivity index is 1.76. The molecule has 2 saturated heterocycles. The molecule has 98 valence electrons. The summed E-state index contributed by atoms with van der Waals surface area (Å²) in [5.41, 5.74) is 0.391. The maximum Gasteiger partial charge on any atom is 0.410 e. The first-order chi connectivity index (χ1) is 8.04. The molecule has 2 rings (SSSR count). The number of ether oxygens (including phenoxy) is 1. The molecule has 5 heteroatoms. The average molecular weight is 258 g/mol. The lowest BCUT2D eigenvalue weighted by molar-refractivity contribution is -0.0361. The Hall–Kier alpha value is -0.420. The minimum atomic E-state index is -0.141. The highest BCUT2D eigenvalue weighted by Gasteiger charge is 2.47. The fraction of sp³-hybridized carbons (Fsp3) is 0.917. The summed E-state index contributed by atoms with van der Waals surface area (Å²) in [6, 6.07) is 0. The molecule has 0 atom stereocenters. The summed E-state index contributed by atoms with van der Waals surface area (Å²) < 4.78 is 7.61. The highest BCUT2D eigenvalue weighted by atomic mass is 32.2. The van der Waals surface area contributed by atoms with Gasteiger partial charge in [-0.05, 0) is 32.9 Å². The Bertz CT molecular complexity index is 280. The van der Waals surface area contributed by atoms with Crippen LogP contribution in [0, 0.1) is 5.41 Å². The molecule has 0 radical (unpaired) electrons. The molecule has 4 nitrogen and oxygen atoms in total. The van der Waals surface area contributed by atoms with Crippen LogP contribution in [0.4, 0.5) is 4.79 Å². The lowest BCUT2D eigenvalue weighted by Crippen LogP contribution is -2.61. The van der Waals surface area contributed by atoms with Crippen molar-refractivity contribution in [2.45, 2.75) is 32.8 Å². The van der Waals surface area contributed by atoms with E-state index in [1.807, 2.05) is 30.7 Å². The molecule has 1 spiro atoms. The number of hydrogen-bond donors (Lipinski definition) is 0. The number of carbonyl (C=O) groups is 1. The fourth-order valence-electron chi connectivity index (χ4n) is 2.63. The smallest absolute Gasteiger partial charge is 0.410 e. The zero-order valence-electron chi connectivity index (χ0n) is 10.9. The van der Waals surface area contributed by atoms with Gasteiger partial charge < -0.3 is 9.64 Å². The number of likely N-dealkylation sites (tertiary alicyclic amines) is 1. The van der Waals surface area contributed by atoms with Crippen molar-refractivity contribution >= 4 is 18.0 Å². The van der Waals surface area contributed by atoms with Crippen LogP contribution >= 0.6 is 11.9 Å². The van der Waals surface area contributed by atoms with Crippen LogP contribution in [-0.2, 0) is 4.74 Å². The zero-order chi connectivity index (χ0) is 12.5. The molecule has 0 aromatic carbocycles. The first-order valence-corrected chi connectivity index (χ1v) is 7.47. The van der Waals surface area contributed by atoms with Gasteiger partial charge in [0.05, 0.1) is 6.10 Å². The second-order valence-corrected chi connectivity index (χ2v) is 6.28. The minimum absolute atomic E-state index is 0.0163. The first-order valence-electron chi connectivity index (χ1n) is 6.29. The lowest BCUT2D eigenvalue weighted by Gasteiger charge is -2.53. The number of nitrogens with zero attached hydrogens (tertiary/aromatic N) is 2. The zero-order valence-corrected chi connectivity index (χ0v) is 11.8. The summed E-state index contributed by atoms with van der Waals surface area (Å²) in [7, 11) is 0. The lowest BCUT2D eigenvalue weighted by atomic mass is 9.72. The third-order valence-corrected chi connectivity index (χ3v) is 4.57. The van der Waals surface area contributed by atoms with Crippen LogP contribution in [0.1, 0.15) is 26.7 Å². The van der Waals surface area contributed by atoms with Crippen molar-refractivity contribution in [2.24, 2.45) is 5.41 Å². The monoisotopic (exact) mass is 258 g/mol. The molecule has 2 aliphatic rings. The molecule has 0 aromatic rings. The Morgan fingerprint density at radius 1 is 1.29 bits per heavy atom. The standard InChI is InChI=1S/C12H22N2O2S/c1-10(2)16-11(15)13-8-12(9-13)4-6-14(17-3)7-5-12/h10H,4-9H2,1-3H3. The fourth-order valence-corrected chi connectivity index (χ4v) is 3.18. The van der Waals surface area contributed by atoms with Gasteiger partial charge in [0.15, 0.2) is 0 Å². The Morgan fingerprint density at radius 3 is 2.35 bits per heavy atom. The van der Waals surface area contributed by atoms with Gasteiger partial charge in [0.25, 0.3) is 0 Å². The van der Waals surface area contributed by atoms with E-state index in [0.717, 1.165) is 26.2 Å². The number of rotatable bonds is 2. The van der Waals surface area contributed by atoms with Crippen LogP contribution in [0.2, 0.25) is 0 Å². The van der Waals surface area contributed by atoms with E-state index in [2.05, 4.69) is 10.6 Å². The van der Waals surface area contributed by atoms with Gasteiger partial charge in [0.2, 0.25) is 0 Å². The average Bonchev–Trinajstić information content (AvgIpc) is 2.25. The van der Waals surface area contributed by atoms with Gasteiger partial charge in [-0.15, -0.1) is 0 Å². The molecule has 0 bridgehead atoms. The molecular formula is C12H22N2O2S. The summed E-state index contributed by atoms with van der Waals surface area (Å²) in [5.74, 6) is 0. The van der Waals surface area contributed by atoms with Crippen molar-refractivity contribution in [1.29, 1.82) is 0 Å². The minimum Gasteiger partial charge on any atom is -0.447 e. The Morgan fingerprint density at radius 2 is 1.88 bits per heavy atom.